The number of para-hydroxylation sites is 2. The monoisotopic (exact) mass is 488 g/mol. The summed E-state index contributed by atoms with van der Waals surface area (Å²) in [5, 5.41) is 2.95. The van der Waals surface area contributed by atoms with Crippen molar-refractivity contribution in [2.75, 3.05) is 52.8 Å². The van der Waals surface area contributed by atoms with Crippen molar-refractivity contribution in [2.24, 2.45) is 4.99 Å². The van der Waals surface area contributed by atoms with E-state index in [9.17, 15) is 4.79 Å². The van der Waals surface area contributed by atoms with E-state index in [0.717, 1.165) is 22.8 Å². The van der Waals surface area contributed by atoms with Gasteiger partial charge in [0.1, 0.15) is 34.5 Å². The van der Waals surface area contributed by atoms with Gasteiger partial charge >= 0.3 is 6.03 Å². The molecule has 2 heterocycles. The van der Waals surface area contributed by atoms with Crippen molar-refractivity contribution in [1.29, 1.82) is 0 Å². The Morgan fingerprint density at radius 1 is 0.833 bits per heavy atom. The summed E-state index contributed by atoms with van der Waals surface area (Å²) in [5.41, 5.74) is 2.23. The van der Waals surface area contributed by atoms with Gasteiger partial charge in [-0.1, -0.05) is 12.1 Å². The number of methoxy groups -OCH3 is 3. The van der Waals surface area contributed by atoms with E-state index in [1.807, 2.05) is 42.5 Å². The maximum atomic E-state index is 13.0. The van der Waals surface area contributed by atoms with E-state index < -0.39 is 0 Å². The average molecular weight is 489 g/mol. The topological polar surface area (TPSA) is 84.9 Å². The van der Waals surface area contributed by atoms with E-state index in [1.165, 1.54) is 0 Å². The van der Waals surface area contributed by atoms with Gasteiger partial charge < -0.3 is 34.1 Å². The minimum absolute atomic E-state index is 0.177. The van der Waals surface area contributed by atoms with Crippen LogP contribution < -0.4 is 24.3 Å². The second-order valence-corrected chi connectivity index (χ2v) is 8.37. The van der Waals surface area contributed by atoms with Gasteiger partial charge in [0.05, 0.1) is 26.9 Å². The van der Waals surface area contributed by atoms with Crippen molar-refractivity contribution in [3.8, 4) is 28.7 Å². The number of fused-ring (bicyclic) bond motifs is 2. The lowest BCUT2D eigenvalue weighted by Crippen LogP contribution is -2.51. The SMILES string of the molecule is COc1cc(NC(=O)N2CCN(C3=Nc4ccccc4Oc4ccc(OC)cc43)CC2)cc(OC)c1. The summed E-state index contributed by atoms with van der Waals surface area (Å²) in [6, 6.07) is 18.5. The number of piperazine rings is 1. The van der Waals surface area contributed by atoms with Crippen LogP contribution in [0.15, 0.2) is 65.7 Å². The van der Waals surface area contributed by atoms with E-state index in [0.29, 0.717) is 54.9 Å². The van der Waals surface area contributed by atoms with Crippen molar-refractivity contribution >= 4 is 23.2 Å². The molecule has 9 nitrogen and oxygen atoms in total. The number of carbonyl (C=O) groups is 1. The molecule has 2 amide bonds. The molecule has 1 N–H and O–H groups in total. The molecule has 36 heavy (non-hydrogen) atoms. The van der Waals surface area contributed by atoms with Gasteiger partial charge in [0.2, 0.25) is 0 Å². The van der Waals surface area contributed by atoms with Crippen molar-refractivity contribution < 1.29 is 23.7 Å². The number of hydrogen-bond acceptors (Lipinski definition) is 7. The van der Waals surface area contributed by atoms with Crippen molar-refractivity contribution in [3.05, 3.63) is 66.2 Å². The number of anilines is 1. The van der Waals surface area contributed by atoms with Crippen molar-refractivity contribution in [2.45, 2.75) is 0 Å². The van der Waals surface area contributed by atoms with E-state index in [4.69, 9.17) is 23.9 Å². The second kappa shape index (κ2) is 10.1. The molecule has 0 saturated carbocycles. The number of rotatable bonds is 4. The van der Waals surface area contributed by atoms with Crippen LogP contribution in [0.4, 0.5) is 16.2 Å². The fourth-order valence-electron chi connectivity index (χ4n) is 4.27. The number of benzene rings is 3. The molecule has 5 rings (SSSR count). The molecule has 2 aliphatic heterocycles. The quantitative estimate of drug-likeness (QED) is 0.571. The predicted molar refractivity (Wildman–Crippen MR) is 137 cm³/mol. The first-order chi connectivity index (χ1) is 17.6. The van der Waals surface area contributed by atoms with Crippen LogP contribution in [0.5, 0.6) is 28.7 Å². The molecule has 186 valence electrons. The van der Waals surface area contributed by atoms with Crippen molar-refractivity contribution in [1.82, 2.24) is 9.80 Å². The van der Waals surface area contributed by atoms with Gasteiger partial charge in [0.15, 0.2) is 5.75 Å². The summed E-state index contributed by atoms with van der Waals surface area (Å²) in [7, 11) is 4.79. The van der Waals surface area contributed by atoms with Crippen LogP contribution in [0.3, 0.4) is 0 Å². The zero-order valence-corrected chi connectivity index (χ0v) is 20.5. The van der Waals surface area contributed by atoms with Crippen LogP contribution in [0, 0.1) is 0 Å². The summed E-state index contributed by atoms with van der Waals surface area (Å²) in [6.45, 7) is 2.31. The molecule has 0 spiro atoms. The van der Waals surface area contributed by atoms with Crippen LogP contribution in [0.25, 0.3) is 0 Å². The Bertz CT molecular complexity index is 1280. The lowest BCUT2D eigenvalue weighted by molar-refractivity contribution is 0.181. The van der Waals surface area contributed by atoms with E-state index >= 15 is 0 Å². The Kier molecular flexibility index (Phi) is 6.53. The third-order valence-electron chi connectivity index (χ3n) is 6.21. The summed E-state index contributed by atoms with van der Waals surface area (Å²) >= 11 is 0. The minimum atomic E-state index is -0.177. The van der Waals surface area contributed by atoms with Gasteiger partial charge in [-0.3, -0.25) is 0 Å². The molecule has 1 fully saturated rings. The Hall–Kier alpha value is -4.40. The number of nitrogens with zero attached hydrogens (tertiary/aromatic N) is 3. The first-order valence-corrected chi connectivity index (χ1v) is 11.7. The van der Waals surface area contributed by atoms with Crippen LogP contribution in [0.1, 0.15) is 5.56 Å². The molecule has 2 aliphatic rings. The smallest absolute Gasteiger partial charge is 0.321 e. The van der Waals surface area contributed by atoms with Crippen LogP contribution in [0.2, 0.25) is 0 Å². The van der Waals surface area contributed by atoms with Gasteiger partial charge in [-0.15, -0.1) is 0 Å². The summed E-state index contributed by atoms with van der Waals surface area (Å²) in [4.78, 5) is 21.9. The molecule has 0 aliphatic carbocycles. The molecule has 0 atom stereocenters. The third kappa shape index (κ3) is 4.72. The zero-order valence-electron chi connectivity index (χ0n) is 20.5. The highest BCUT2D eigenvalue weighted by Crippen LogP contribution is 2.39. The number of hydrogen-bond donors (Lipinski definition) is 1. The van der Waals surface area contributed by atoms with Gasteiger partial charge in [0, 0.05) is 50.1 Å². The highest BCUT2D eigenvalue weighted by molar-refractivity contribution is 6.04. The van der Waals surface area contributed by atoms with Gasteiger partial charge in [-0.05, 0) is 30.3 Å². The fraction of sp³-hybridized carbons (Fsp3) is 0.259. The Labute approximate surface area is 209 Å². The predicted octanol–water partition coefficient (Wildman–Crippen LogP) is 4.75. The van der Waals surface area contributed by atoms with Crippen LogP contribution >= 0.6 is 0 Å². The van der Waals surface area contributed by atoms with Gasteiger partial charge in [-0.2, -0.15) is 0 Å². The second-order valence-electron chi connectivity index (χ2n) is 8.37. The Balaban J connectivity index is 1.34. The molecule has 0 radical (unpaired) electrons. The zero-order chi connectivity index (χ0) is 25.1. The number of amides is 2. The lowest BCUT2D eigenvalue weighted by Gasteiger charge is -2.36. The minimum Gasteiger partial charge on any atom is -0.497 e. The number of carbonyl (C=O) groups excluding carboxylic acids is 1. The normalized spacial score (nSPS) is 14.5. The summed E-state index contributed by atoms with van der Waals surface area (Å²) < 4.78 is 22.3. The molecule has 3 aromatic carbocycles. The number of amidine groups is 1. The Morgan fingerprint density at radius 2 is 1.53 bits per heavy atom. The summed E-state index contributed by atoms with van der Waals surface area (Å²) in [5.74, 6) is 4.15. The number of nitrogens with one attached hydrogen (secondary N) is 1. The highest BCUT2D eigenvalue weighted by Gasteiger charge is 2.28. The molecule has 0 aromatic heterocycles. The highest BCUT2D eigenvalue weighted by atomic mass is 16.5. The number of urea groups is 1. The van der Waals surface area contributed by atoms with Gasteiger partial charge in [-0.25, -0.2) is 9.79 Å². The maximum Gasteiger partial charge on any atom is 0.321 e. The largest absolute Gasteiger partial charge is 0.497 e. The molecule has 9 heteroatoms. The third-order valence-corrected chi connectivity index (χ3v) is 6.21. The molecule has 1 saturated heterocycles. The van der Waals surface area contributed by atoms with Crippen LogP contribution in [-0.2, 0) is 0 Å². The van der Waals surface area contributed by atoms with E-state index in [2.05, 4.69) is 10.2 Å². The van der Waals surface area contributed by atoms with Gasteiger partial charge in [0.25, 0.3) is 0 Å². The molecular weight excluding hydrogens is 460 g/mol. The Morgan fingerprint density at radius 3 is 2.22 bits per heavy atom. The van der Waals surface area contributed by atoms with Crippen LogP contribution in [-0.4, -0.2) is 69.2 Å². The molecular formula is C27H28N4O5. The number of aliphatic imine (C=N–C) groups is 1. The van der Waals surface area contributed by atoms with E-state index in [-0.39, 0.29) is 6.03 Å². The molecule has 3 aromatic rings. The average Bonchev–Trinajstić information content (AvgIpc) is 3.09. The van der Waals surface area contributed by atoms with E-state index in [1.54, 1.807) is 44.4 Å². The maximum absolute atomic E-state index is 13.0. The fourth-order valence-corrected chi connectivity index (χ4v) is 4.27. The molecule has 0 unspecified atom stereocenters. The first-order valence-electron chi connectivity index (χ1n) is 11.7. The van der Waals surface area contributed by atoms with Crippen molar-refractivity contribution in [3.63, 3.8) is 0 Å². The summed E-state index contributed by atoms with van der Waals surface area (Å²) in [6.07, 6.45) is 0. The lowest BCUT2D eigenvalue weighted by atomic mass is 10.1. The number of ether oxygens (including phenoxy) is 4. The standard InChI is InChI=1S/C27H28N4O5/c1-33-19-8-9-24-22(17-19)26(29-23-6-4-5-7-25(23)36-24)30-10-12-31(13-11-30)27(32)28-18-14-20(34-2)16-21(15-18)35-3/h4-9,14-17H,10-13H2,1-3H3,(H,28,32). The first kappa shape index (κ1) is 23.3. The molecule has 0 bridgehead atoms.